The number of hydrogen-bond donors (Lipinski definition) is 0. The first-order valence-electron chi connectivity index (χ1n) is 17.0. The maximum Gasteiger partial charge on any atom is 0.164 e. The van der Waals surface area contributed by atoms with E-state index in [0.29, 0.717) is 17.5 Å². The number of aromatic nitrogens is 3. The van der Waals surface area contributed by atoms with Crippen molar-refractivity contribution in [1.29, 1.82) is 0 Å². The quantitative estimate of drug-likeness (QED) is 0.193. The number of furan rings is 1. The van der Waals surface area contributed by atoms with Gasteiger partial charge in [0.1, 0.15) is 11.2 Å². The lowest BCUT2D eigenvalue weighted by molar-refractivity contribution is 0.668. The lowest BCUT2D eigenvalue weighted by Crippen LogP contribution is -2.25. The molecule has 0 radical (unpaired) electrons. The Morgan fingerprint density at radius 3 is 1.58 bits per heavy atom. The van der Waals surface area contributed by atoms with Crippen LogP contribution in [0.2, 0.25) is 0 Å². The fraction of sp³-hybridized carbons (Fsp3) is 0.0217. The van der Waals surface area contributed by atoms with E-state index >= 15 is 0 Å². The van der Waals surface area contributed by atoms with Gasteiger partial charge in [-0.05, 0) is 56.6 Å². The first-order valence-corrected chi connectivity index (χ1v) is 17.0. The monoisotopic (exact) mass is 637 g/mol. The van der Waals surface area contributed by atoms with Crippen molar-refractivity contribution in [2.24, 2.45) is 0 Å². The summed E-state index contributed by atoms with van der Waals surface area (Å²) >= 11 is 0. The van der Waals surface area contributed by atoms with Crippen LogP contribution in [0.4, 0.5) is 0 Å². The van der Waals surface area contributed by atoms with E-state index in [1.165, 1.54) is 44.3 Å². The molecule has 0 saturated carbocycles. The molecule has 0 saturated heterocycles. The second-order valence-electron chi connectivity index (χ2n) is 13.1. The average molecular weight is 638 g/mol. The topological polar surface area (TPSA) is 51.8 Å². The van der Waals surface area contributed by atoms with Gasteiger partial charge in [0.2, 0.25) is 0 Å². The van der Waals surface area contributed by atoms with Crippen molar-refractivity contribution in [2.75, 3.05) is 0 Å². The van der Waals surface area contributed by atoms with Crippen molar-refractivity contribution in [3.05, 3.63) is 186 Å². The van der Waals surface area contributed by atoms with Crippen LogP contribution in [0.3, 0.4) is 0 Å². The second-order valence-corrected chi connectivity index (χ2v) is 13.1. The van der Waals surface area contributed by atoms with Gasteiger partial charge in [-0.1, -0.05) is 152 Å². The number of nitrogens with zero attached hydrogens (tertiary/aromatic N) is 3. The highest BCUT2D eigenvalue weighted by atomic mass is 16.3. The Bertz CT molecular complexity index is 2760. The Hall–Kier alpha value is -6.65. The fourth-order valence-corrected chi connectivity index (χ4v) is 8.61. The van der Waals surface area contributed by atoms with Crippen LogP contribution in [0.25, 0.3) is 78.4 Å². The van der Waals surface area contributed by atoms with Crippen LogP contribution in [0, 0.1) is 0 Å². The van der Waals surface area contributed by atoms with Crippen molar-refractivity contribution in [3.63, 3.8) is 0 Å². The Kier molecular flexibility index (Phi) is 5.56. The van der Waals surface area contributed by atoms with E-state index in [9.17, 15) is 0 Å². The van der Waals surface area contributed by atoms with Crippen LogP contribution >= 0.6 is 0 Å². The summed E-state index contributed by atoms with van der Waals surface area (Å²) < 4.78 is 6.43. The van der Waals surface area contributed by atoms with E-state index in [4.69, 9.17) is 19.4 Å². The third-order valence-corrected chi connectivity index (χ3v) is 10.6. The third kappa shape index (κ3) is 3.57. The van der Waals surface area contributed by atoms with Crippen LogP contribution in [0.5, 0.6) is 0 Å². The van der Waals surface area contributed by atoms with E-state index in [-0.39, 0.29) is 0 Å². The summed E-state index contributed by atoms with van der Waals surface area (Å²) in [7, 11) is 0. The van der Waals surface area contributed by atoms with Gasteiger partial charge >= 0.3 is 0 Å². The lowest BCUT2D eigenvalue weighted by atomic mass is 9.70. The Morgan fingerprint density at radius 1 is 0.360 bits per heavy atom. The molecule has 1 spiro atoms. The van der Waals surface area contributed by atoms with Crippen molar-refractivity contribution < 1.29 is 4.42 Å². The molecule has 2 heterocycles. The molecule has 11 rings (SSSR count). The zero-order valence-electron chi connectivity index (χ0n) is 26.8. The van der Waals surface area contributed by atoms with Crippen molar-refractivity contribution in [3.8, 4) is 56.4 Å². The summed E-state index contributed by atoms with van der Waals surface area (Å²) in [5.41, 5.74) is 14.1. The number of para-hydroxylation sites is 1. The minimum absolute atomic E-state index is 0.530. The Morgan fingerprint density at radius 2 is 0.880 bits per heavy atom. The number of fused-ring (bicyclic) bond motifs is 14. The zero-order chi connectivity index (χ0) is 32.8. The van der Waals surface area contributed by atoms with E-state index < -0.39 is 5.41 Å². The van der Waals surface area contributed by atoms with E-state index in [0.717, 1.165) is 38.8 Å². The molecule has 0 fully saturated rings. The number of benzene rings is 7. The van der Waals surface area contributed by atoms with Crippen LogP contribution in [0.1, 0.15) is 22.3 Å². The first kappa shape index (κ1) is 27.3. The van der Waals surface area contributed by atoms with Gasteiger partial charge in [0.25, 0.3) is 0 Å². The molecule has 0 bridgehead atoms. The zero-order valence-corrected chi connectivity index (χ0v) is 26.8. The molecule has 4 nitrogen and oxygen atoms in total. The third-order valence-electron chi connectivity index (χ3n) is 10.6. The molecule has 7 aromatic carbocycles. The number of rotatable bonds is 3. The van der Waals surface area contributed by atoms with Gasteiger partial charge in [-0.3, -0.25) is 0 Å². The predicted molar refractivity (Wildman–Crippen MR) is 200 cm³/mol. The minimum atomic E-state index is -0.530. The highest BCUT2D eigenvalue weighted by molar-refractivity contribution is 6.16. The summed E-state index contributed by atoms with van der Waals surface area (Å²) in [5, 5.41) is 2.31. The molecule has 1 atom stereocenters. The SMILES string of the molecule is c1ccc(-c2nc(-c3ccccc3)nc(-c3cccc4c3-c3ccccc3C43c4ccccc4-c4c3ccc3oc5ccccc5c43)n2)cc1. The molecule has 50 heavy (non-hydrogen) atoms. The molecule has 0 N–H and O–H groups in total. The largest absolute Gasteiger partial charge is 0.456 e. The maximum absolute atomic E-state index is 6.43. The molecule has 2 aliphatic carbocycles. The van der Waals surface area contributed by atoms with Crippen LogP contribution in [0.15, 0.2) is 168 Å². The van der Waals surface area contributed by atoms with E-state index in [1.54, 1.807) is 0 Å². The van der Waals surface area contributed by atoms with Gasteiger partial charge in [-0.15, -0.1) is 0 Å². The lowest BCUT2D eigenvalue weighted by Gasteiger charge is -2.30. The highest BCUT2D eigenvalue weighted by Gasteiger charge is 2.53. The standard InChI is InChI=1S/C46H27N3O/c1-3-14-28(15-4-1)43-47-44(29-16-5-2-6-17-29)49-45(48-43)33-21-13-24-36-40(33)30-18-7-10-22-34(30)46(36)35-23-11-8-19-31(35)41-37(46)26-27-39-42(41)32-20-9-12-25-38(32)50-39/h1-27H. The molecule has 4 heteroatoms. The predicted octanol–water partition coefficient (Wildman–Crippen LogP) is 11.1. The van der Waals surface area contributed by atoms with Gasteiger partial charge in [-0.25, -0.2) is 15.0 Å². The molecule has 9 aromatic rings. The minimum Gasteiger partial charge on any atom is -0.456 e. The Labute approximate surface area is 288 Å². The van der Waals surface area contributed by atoms with Gasteiger partial charge in [-0.2, -0.15) is 0 Å². The second kappa shape index (κ2) is 10.2. The summed E-state index contributed by atoms with van der Waals surface area (Å²) in [6.07, 6.45) is 0. The highest BCUT2D eigenvalue weighted by Crippen LogP contribution is 2.65. The summed E-state index contributed by atoms with van der Waals surface area (Å²) in [5.74, 6) is 1.96. The molecule has 2 aliphatic rings. The van der Waals surface area contributed by atoms with Crippen molar-refractivity contribution in [1.82, 2.24) is 15.0 Å². The van der Waals surface area contributed by atoms with Gasteiger partial charge in [0.15, 0.2) is 17.5 Å². The van der Waals surface area contributed by atoms with Gasteiger partial charge in [0.05, 0.1) is 5.41 Å². The molecular weight excluding hydrogens is 611 g/mol. The average Bonchev–Trinajstić information content (AvgIpc) is 3.82. The van der Waals surface area contributed by atoms with Crippen LogP contribution in [-0.2, 0) is 5.41 Å². The normalized spacial score (nSPS) is 15.3. The fourth-order valence-electron chi connectivity index (χ4n) is 8.61. The molecule has 2 aromatic heterocycles. The van der Waals surface area contributed by atoms with Crippen LogP contribution in [-0.4, -0.2) is 15.0 Å². The first-order chi connectivity index (χ1) is 24.8. The molecule has 1 unspecified atom stereocenters. The smallest absolute Gasteiger partial charge is 0.164 e. The maximum atomic E-state index is 6.43. The van der Waals surface area contributed by atoms with Crippen LogP contribution < -0.4 is 0 Å². The molecule has 232 valence electrons. The Balaban J connectivity index is 1.24. The molecular formula is C46H27N3O. The summed E-state index contributed by atoms with van der Waals surface area (Å²) in [4.78, 5) is 15.4. The van der Waals surface area contributed by atoms with E-state index in [2.05, 4.69) is 121 Å². The van der Waals surface area contributed by atoms with Gasteiger partial charge in [0, 0.05) is 27.5 Å². The van der Waals surface area contributed by atoms with E-state index in [1.807, 2.05) is 42.5 Å². The van der Waals surface area contributed by atoms with Crippen molar-refractivity contribution >= 4 is 21.9 Å². The van der Waals surface area contributed by atoms with Crippen molar-refractivity contribution in [2.45, 2.75) is 5.41 Å². The molecule has 0 aliphatic heterocycles. The van der Waals surface area contributed by atoms with Gasteiger partial charge < -0.3 is 4.42 Å². The summed E-state index contributed by atoms with van der Waals surface area (Å²) in [6, 6.07) is 57.6. The summed E-state index contributed by atoms with van der Waals surface area (Å²) in [6.45, 7) is 0. The molecule has 0 amide bonds. The number of hydrogen-bond acceptors (Lipinski definition) is 4.